The Morgan fingerprint density at radius 1 is 1.43 bits per heavy atom. The van der Waals surface area contributed by atoms with Crippen LogP contribution in [0, 0.1) is 0 Å². The molecule has 0 saturated carbocycles. The lowest BCUT2D eigenvalue weighted by Crippen LogP contribution is -2.53. The highest BCUT2D eigenvalue weighted by Crippen LogP contribution is 2.11. The van der Waals surface area contributed by atoms with Gasteiger partial charge in [-0.05, 0) is 19.9 Å². The summed E-state index contributed by atoms with van der Waals surface area (Å²) in [4.78, 5) is 26.7. The van der Waals surface area contributed by atoms with E-state index in [1.165, 1.54) is 0 Å². The lowest BCUT2D eigenvalue weighted by atomic mass is 10.2. The van der Waals surface area contributed by atoms with Crippen molar-refractivity contribution in [3.8, 4) is 0 Å². The zero-order chi connectivity index (χ0) is 15.2. The van der Waals surface area contributed by atoms with Crippen LogP contribution in [0.15, 0.2) is 12.2 Å². The molecular weight excluding hydrogens is 272 g/mol. The number of nitrogens with zero attached hydrogens (tertiary/aromatic N) is 2. The van der Waals surface area contributed by atoms with Crippen LogP contribution in [-0.4, -0.2) is 73.7 Å². The highest BCUT2D eigenvalue weighted by molar-refractivity contribution is 5.76. The van der Waals surface area contributed by atoms with Gasteiger partial charge in [0.1, 0.15) is 0 Å². The molecule has 1 aliphatic heterocycles. The van der Waals surface area contributed by atoms with Gasteiger partial charge in [-0.1, -0.05) is 12.2 Å². The van der Waals surface area contributed by atoms with Gasteiger partial charge in [0.15, 0.2) is 0 Å². The van der Waals surface area contributed by atoms with Gasteiger partial charge in [0.05, 0.1) is 19.3 Å². The third-order valence-electron chi connectivity index (χ3n) is 3.70. The lowest BCUT2D eigenvalue weighted by Gasteiger charge is -2.35. The van der Waals surface area contributed by atoms with Gasteiger partial charge in [-0.25, -0.2) is 4.79 Å². The number of urea groups is 1. The van der Waals surface area contributed by atoms with Crippen molar-refractivity contribution in [1.82, 2.24) is 15.1 Å². The predicted octanol–water partition coefficient (Wildman–Crippen LogP) is -0.467. The average molecular weight is 296 g/mol. The summed E-state index contributed by atoms with van der Waals surface area (Å²) in [6.07, 6.45) is 5.90. The monoisotopic (exact) mass is 296 g/mol. The molecule has 7 heteroatoms. The Morgan fingerprint density at radius 2 is 2.14 bits per heavy atom. The Kier molecular flexibility index (Phi) is 5.58. The topological polar surface area (TPSA) is 87.9 Å². The molecule has 1 atom stereocenters. The molecule has 0 aromatic rings. The molecule has 0 aromatic heterocycles. The summed E-state index contributed by atoms with van der Waals surface area (Å²) in [6.45, 7) is 2.43. The van der Waals surface area contributed by atoms with E-state index in [1.54, 1.807) is 4.90 Å². The minimum atomic E-state index is -0.364. The van der Waals surface area contributed by atoms with E-state index < -0.39 is 0 Å². The summed E-state index contributed by atoms with van der Waals surface area (Å²) in [5.41, 5.74) is 5.16. The summed E-state index contributed by atoms with van der Waals surface area (Å²) in [5.74, 6) is -0.364. The maximum absolute atomic E-state index is 12.2. The molecule has 3 amide bonds. The predicted molar refractivity (Wildman–Crippen MR) is 78.7 cm³/mol. The van der Waals surface area contributed by atoms with Gasteiger partial charge < -0.3 is 20.7 Å². The molecule has 118 valence electrons. The van der Waals surface area contributed by atoms with Gasteiger partial charge in [-0.15, -0.1) is 0 Å². The van der Waals surface area contributed by atoms with Gasteiger partial charge in [-0.2, -0.15) is 0 Å². The summed E-state index contributed by atoms with van der Waals surface area (Å²) in [7, 11) is 1.82. The standard InChI is InChI=1S/C14H24N4O3/c1-17(10-13(15)19)8-12-9-18(6-7-21-12)14(20)16-11-4-2-3-5-11/h2-3,11-12H,4-10H2,1H3,(H2,15,19)(H,16,20)/t12-/m0/s1. The number of carbonyl (C=O) groups excluding carboxylic acids is 2. The molecule has 1 fully saturated rings. The van der Waals surface area contributed by atoms with Crippen LogP contribution in [0.4, 0.5) is 4.79 Å². The second kappa shape index (κ2) is 7.42. The number of amides is 3. The summed E-state index contributed by atoms with van der Waals surface area (Å²) < 4.78 is 5.65. The van der Waals surface area contributed by atoms with Crippen LogP contribution in [0.5, 0.6) is 0 Å². The van der Waals surface area contributed by atoms with Gasteiger partial charge in [0.2, 0.25) is 5.91 Å². The van der Waals surface area contributed by atoms with Crippen LogP contribution in [0.25, 0.3) is 0 Å². The third-order valence-corrected chi connectivity index (χ3v) is 3.70. The Morgan fingerprint density at radius 3 is 2.81 bits per heavy atom. The molecule has 2 aliphatic rings. The van der Waals surface area contributed by atoms with Crippen LogP contribution in [0.3, 0.4) is 0 Å². The molecule has 1 aliphatic carbocycles. The fourth-order valence-electron chi connectivity index (χ4n) is 2.69. The van der Waals surface area contributed by atoms with Crippen molar-refractivity contribution in [2.45, 2.75) is 25.0 Å². The molecular formula is C14H24N4O3. The molecule has 1 saturated heterocycles. The van der Waals surface area contributed by atoms with Crippen molar-refractivity contribution in [3.05, 3.63) is 12.2 Å². The molecule has 1 heterocycles. The molecule has 0 aromatic carbocycles. The maximum atomic E-state index is 12.2. The number of hydrogen-bond donors (Lipinski definition) is 2. The van der Waals surface area contributed by atoms with E-state index in [4.69, 9.17) is 10.5 Å². The second-order valence-corrected chi connectivity index (χ2v) is 5.69. The maximum Gasteiger partial charge on any atom is 0.317 e. The van der Waals surface area contributed by atoms with Gasteiger partial charge in [0.25, 0.3) is 0 Å². The number of rotatable bonds is 5. The van der Waals surface area contributed by atoms with E-state index in [0.29, 0.717) is 26.2 Å². The Balaban J connectivity index is 1.76. The molecule has 21 heavy (non-hydrogen) atoms. The van der Waals surface area contributed by atoms with Gasteiger partial charge in [-0.3, -0.25) is 9.69 Å². The normalized spacial score (nSPS) is 22.8. The first-order valence-corrected chi connectivity index (χ1v) is 7.33. The van der Waals surface area contributed by atoms with E-state index in [2.05, 4.69) is 17.5 Å². The molecule has 7 nitrogen and oxygen atoms in total. The molecule has 0 unspecified atom stereocenters. The van der Waals surface area contributed by atoms with Crippen molar-refractivity contribution in [2.75, 3.05) is 39.8 Å². The number of carbonyl (C=O) groups is 2. The van der Waals surface area contributed by atoms with Crippen molar-refractivity contribution in [1.29, 1.82) is 0 Å². The summed E-state index contributed by atoms with van der Waals surface area (Å²) in [5, 5.41) is 3.04. The molecule has 3 N–H and O–H groups in total. The van der Waals surface area contributed by atoms with E-state index in [-0.39, 0.29) is 30.6 Å². The number of morpholine rings is 1. The first kappa shape index (κ1) is 15.8. The largest absolute Gasteiger partial charge is 0.373 e. The third kappa shape index (κ3) is 5.02. The molecule has 0 radical (unpaired) electrons. The van der Waals surface area contributed by atoms with E-state index in [0.717, 1.165) is 12.8 Å². The van der Waals surface area contributed by atoms with Gasteiger partial charge >= 0.3 is 6.03 Å². The minimum absolute atomic E-state index is 0.0328. The Labute approximate surface area is 125 Å². The van der Waals surface area contributed by atoms with Crippen LogP contribution >= 0.6 is 0 Å². The molecule has 0 bridgehead atoms. The van der Waals surface area contributed by atoms with Gasteiger partial charge in [0, 0.05) is 25.7 Å². The van der Waals surface area contributed by atoms with Crippen LogP contribution in [0.2, 0.25) is 0 Å². The first-order chi connectivity index (χ1) is 10.0. The van der Waals surface area contributed by atoms with Crippen molar-refractivity contribution in [3.63, 3.8) is 0 Å². The second-order valence-electron chi connectivity index (χ2n) is 5.69. The van der Waals surface area contributed by atoms with Crippen molar-refractivity contribution >= 4 is 11.9 Å². The summed E-state index contributed by atoms with van der Waals surface area (Å²) in [6, 6.07) is 0.186. The fourth-order valence-corrected chi connectivity index (χ4v) is 2.69. The number of nitrogens with two attached hydrogens (primary N) is 1. The zero-order valence-corrected chi connectivity index (χ0v) is 12.5. The number of nitrogens with one attached hydrogen (secondary N) is 1. The Hall–Kier alpha value is -1.60. The molecule has 2 rings (SSSR count). The van der Waals surface area contributed by atoms with Crippen LogP contribution in [-0.2, 0) is 9.53 Å². The highest BCUT2D eigenvalue weighted by atomic mass is 16.5. The quantitative estimate of drug-likeness (QED) is 0.672. The SMILES string of the molecule is CN(CC(N)=O)C[C@H]1CN(C(=O)NC2CC=CC2)CCO1. The summed E-state index contributed by atoms with van der Waals surface area (Å²) >= 11 is 0. The highest BCUT2D eigenvalue weighted by Gasteiger charge is 2.26. The van der Waals surface area contributed by atoms with E-state index in [9.17, 15) is 9.59 Å². The number of ether oxygens (including phenoxy) is 1. The lowest BCUT2D eigenvalue weighted by molar-refractivity contribution is -0.119. The molecule has 0 spiro atoms. The zero-order valence-electron chi connectivity index (χ0n) is 12.5. The number of primary amides is 1. The van der Waals surface area contributed by atoms with E-state index in [1.807, 2.05) is 11.9 Å². The fraction of sp³-hybridized carbons (Fsp3) is 0.714. The minimum Gasteiger partial charge on any atom is -0.373 e. The number of likely N-dealkylation sites (N-methyl/N-ethyl adjacent to an activating group) is 1. The number of hydrogen-bond acceptors (Lipinski definition) is 4. The van der Waals surface area contributed by atoms with Crippen molar-refractivity contribution < 1.29 is 14.3 Å². The van der Waals surface area contributed by atoms with Crippen molar-refractivity contribution in [2.24, 2.45) is 5.73 Å². The van der Waals surface area contributed by atoms with Crippen LogP contribution < -0.4 is 11.1 Å². The Bertz CT molecular complexity index is 405. The van der Waals surface area contributed by atoms with E-state index >= 15 is 0 Å². The van der Waals surface area contributed by atoms with Crippen LogP contribution in [0.1, 0.15) is 12.8 Å². The first-order valence-electron chi connectivity index (χ1n) is 7.33. The smallest absolute Gasteiger partial charge is 0.317 e. The average Bonchev–Trinajstić information content (AvgIpc) is 2.90.